The Labute approximate surface area is 216 Å². The van der Waals surface area contributed by atoms with Crippen molar-refractivity contribution in [1.82, 2.24) is 9.78 Å². The highest BCUT2D eigenvalue weighted by molar-refractivity contribution is 6.20. The Kier molecular flexibility index (Phi) is 5.70. The summed E-state index contributed by atoms with van der Waals surface area (Å²) >= 11 is 0. The Morgan fingerprint density at radius 2 is 1.61 bits per heavy atom. The van der Waals surface area contributed by atoms with Crippen molar-refractivity contribution in [2.45, 2.75) is 45.2 Å². The summed E-state index contributed by atoms with van der Waals surface area (Å²) in [6.45, 7) is 4.84. The van der Waals surface area contributed by atoms with Crippen LogP contribution in [-0.2, 0) is 15.0 Å². The second-order valence-corrected chi connectivity index (χ2v) is 10.4. The number of Topliss-reactive ketones (excluding diaryl/α,β-unsaturated/α-hetero) is 1. The highest BCUT2D eigenvalue weighted by atomic mass is 19.4. The minimum absolute atomic E-state index is 0.0329. The van der Waals surface area contributed by atoms with Crippen LogP contribution in [0.15, 0.2) is 70.7 Å². The molecule has 0 saturated heterocycles. The molecule has 1 N–H and O–H groups in total. The van der Waals surface area contributed by atoms with Gasteiger partial charge in [-0.1, -0.05) is 38.1 Å². The first-order chi connectivity index (χ1) is 17.8. The molecule has 7 nitrogen and oxygen atoms in total. The molecule has 1 aliphatic carbocycles. The fourth-order valence-corrected chi connectivity index (χ4v) is 5.71. The first-order valence-electron chi connectivity index (χ1n) is 12.0. The fraction of sp³-hybridized carbons (Fsp3) is 0.321. The highest BCUT2D eigenvalue weighted by Gasteiger charge is 2.73. The zero-order valence-electron chi connectivity index (χ0n) is 21.3. The molecule has 1 amide bonds. The van der Waals surface area contributed by atoms with Gasteiger partial charge < -0.3 is 4.74 Å². The molecular weight excluding hydrogens is 499 g/mol. The molecule has 38 heavy (non-hydrogen) atoms. The summed E-state index contributed by atoms with van der Waals surface area (Å²) < 4.78 is 52.6. The predicted molar refractivity (Wildman–Crippen MR) is 134 cm³/mol. The van der Waals surface area contributed by atoms with E-state index in [0.29, 0.717) is 11.4 Å². The van der Waals surface area contributed by atoms with E-state index in [2.05, 4.69) is 5.10 Å². The number of alkyl halides is 3. The lowest BCUT2D eigenvalue weighted by atomic mass is 9.66. The Bertz CT molecular complexity index is 1550. The second kappa shape index (κ2) is 8.47. The van der Waals surface area contributed by atoms with Crippen molar-refractivity contribution < 1.29 is 27.5 Å². The van der Waals surface area contributed by atoms with E-state index < -0.39 is 45.4 Å². The number of ether oxygens (including phenoxy) is 1. The normalized spacial score (nSPS) is 21.2. The lowest BCUT2D eigenvalue weighted by Crippen LogP contribution is -2.55. The molecule has 0 radical (unpaired) electrons. The summed E-state index contributed by atoms with van der Waals surface area (Å²) in [6.07, 6.45) is -5.46. The van der Waals surface area contributed by atoms with Crippen LogP contribution < -0.4 is 15.2 Å². The summed E-state index contributed by atoms with van der Waals surface area (Å²) in [6, 6.07) is 14.2. The number of anilines is 1. The van der Waals surface area contributed by atoms with Gasteiger partial charge in [-0.3, -0.25) is 24.4 Å². The van der Waals surface area contributed by atoms with Gasteiger partial charge in [0.2, 0.25) is 5.41 Å². The van der Waals surface area contributed by atoms with Crippen LogP contribution in [0.2, 0.25) is 0 Å². The van der Waals surface area contributed by atoms with Crippen molar-refractivity contribution >= 4 is 17.4 Å². The van der Waals surface area contributed by atoms with Crippen molar-refractivity contribution in [1.29, 1.82) is 0 Å². The number of nitrogens with one attached hydrogen (secondary N) is 1. The van der Waals surface area contributed by atoms with Gasteiger partial charge in [0.1, 0.15) is 5.75 Å². The van der Waals surface area contributed by atoms with Gasteiger partial charge >= 0.3 is 6.18 Å². The quantitative estimate of drug-likeness (QED) is 0.521. The van der Waals surface area contributed by atoms with Crippen LogP contribution in [0.3, 0.4) is 0 Å². The maximum absolute atomic E-state index is 15.5. The van der Waals surface area contributed by atoms with Crippen molar-refractivity contribution in [3.63, 3.8) is 0 Å². The number of nitrogens with zero attached hydrogens (tertiary/aromatic N) is 2. The number of halogens is 3. The number of aromatic amines is 1. The van der Waals surface area contributed by atoms with E-state index in [9.17, 15) is 14.4 Å². The van der Waals surface area contributed by atoms with E-state index in [4.69, 9.17) is 4.74 Å². The average Bonchev–Trinajstić information content (AvgIpc) is 3.28. The van der Waals surface area contributed by atoms with Crippen LogP contribution in [0.4, 0.5) is 18.9 Å². The van der Waals surface area contributed by atoms with E-state index in [0.717, 1.165) is 9.58 Å². The number of hydrogen-bond donors (Lipinski definition) is 1. The molecular formula is C28H26F3N3O4. The molecule has 1 unspecified atom stereocenters. The number of ketones is 1. The molecule has 5 rings (SSSR count). The average molecular weight is 526 g/mol. The molecule has 2 heterocycles. The van der Waals surface area contributed by atoms with Gasteiger partial charge in [-0.2, -0.15) is 13.2 Å². The topological polar surface area (TPSA) is 84.4 Å². The summed E-state index contributed by atoms with van der Waals surface area (Å²) in [5.41, 5.74) is -6.49. The molecule has 3 aromatic rings. The van der Waals surface area contributed by atoms with E-state index in [1.54, 1.807) is 56.3 Å². The number of amides is 1. The van der Waals surface area contributed by atoms with Gasteiger partial charge in [0.25, 0.3) is 11.5 Å². The molecule has 1 aromatic heterocycles. The number of aryl methyl sites for hydroxylation is 1. The number of rotatable bonds is 4. The van der Waals surface area contributed by atoms with Crippen LogP contribution >= 0.6 is 0 Å². The Balaban J connectivity index is 1.87. The standard InChI is InChI=1S/C28H26F3N3O4/c1-16-22(24(36)34(32-16)17-9-6-5-7-10-17)27(28(29,30)31)23-20(14-26(2,3)15-21(23)35)33(25(27)37)18-11-8-12-19(13-18)38-4/h5-13,32H,14-15H2,1-4H3. The minimum atomic E-state index is -5.30. The van der Waals surface area contributed by atoms with Crippen LogP contribution in [-0.4, -0.2) is 34.8 Å². The van der Waals surface area contributed by atoms with Crippen LogP contribution in [0.1, 0.15) is 37.9 Å². The van der Waals surface area contributed by atoms with Crippen LogP contribution in [0.5, 0.6) is 5.75 Å². The monoisotopic (exact) mass is 525 g/mol. The number of hydrogen-bond acceptors (Lipinski definition) is 4. The van der Waals surface area contributed by atoms with Crippen LogP contribution in [0.25, 0.3) is 5.69 Å². The Morgan fingerprint density at radius 1 is 0.947 bits per heavy atom. The molecule has 1 atom stereocenters. The third-order valence-corrected chi connectivity index (χ3v) is 7.22. The smallest absolute Gasteiger partial charge is 0.411 e. The highest BCUT2D eigenvalue weighted by Crippen LogP contribution is 2.58. The van der Waals surface area contributed by atoms with E-state index in [1.807, 2.05) is 0 Å². The maximum atomic E-state index is 15.5. The molecule has 0 fully saturated rings. The van der Waals surface area contributed by atoms with Gasteiger partial charge in [0, 0.05) is 29.5 Å². The molecule has 2 aromatic carbocycles. The molecule has 0 bridgehead atoms. The lowest BCUT2D eigenvalue weighted by molar-refractivity contribution is -0.184. The van der Waals surface area contributed by atoms with E-state index in [-0.39, 0.29) is 29.9 Å². The SMILES string of the molecule is COc1cccc(N2C(=O)C(c3c(C)[nH]n(-c4ccccc4)c3=O)(C(F)(F)F)C3=C2CC(C)(C)CC3=O)c1. The number of methoxy groups -OCH3 is 1. The summed E-state index contributed by atoms with van der Waals surface area (Å²) in [7, 11) is 1.40. The lowest BCUT2D eigenvalue weighted by Gasteiger charge is -2.35. The summed E-state index contributed by atoms with van der Waals surface area (Å²) in [5.74, 6) is -1.89. The third kappa shape index (κ3) is 3.53. The number of aromatic nitrogens is 2. The molecule has 198 valence electrons. The molecule has 0 spiro atoms. The third-order valence-electron chi connectivity index (χ3n) is 7.22. The molecule has 1 aliphatic heterocycles. The first-order valence-corrected chi connectivity index (χ1v) is 12.0. The van der Waals surface area contributed by atoms with Gasteiger partial charge in [-0.15, -0.1) is 0 Å². The second-order valence-electron chi connectivity index (χ2n) is 10.4. The number of H-pyrrole nitrogens is 1. The molecule has 10 heteroatoms. The van der Waals surface area contributed by atoms with Gasteiger partial charge in [-0.05, 0) is 43.0 Å². The summed E-state index contributed by atoms with van der Waals surface area (Å²) in [5, 5.41) is 2.70. The van der Waals surface area contributed by atoms with Gasteiger partial charge in [-0.25, -0.2) is 4.68 Å². The van der Waals surface area contributed by atoms with E-state index >= 15 is 13.2 Å². The van der Waals surface area contributed by atoms with Crippen molar-refractivity contribution in [2.75, 3.05) is 12.0 Å². The predicted octanol–water partition coefficient (Wildman–Crippen LogP) is 4.97. The Hall–Kier alpha value is -4.08. The molecule has 2 aliphatic rings. The first kappa shape index (κ1) is 25.6. The van der Waals surface area contributed by atoms with Crippen molar-refractivity contribution in [2.24, 2.45) is 5.41 Å². The van der Waals surface area contributed by atoms with Gasteiger partial charge in [0.15, 0.2) is 5.78 Å². The zero-order valence-corrected chi connectivity index (χ0v) is 21.3. The van der Waals surface area contributed by atoms with Crippen LogP contribution in [0, 0.1) is 12.3 Å². The number of allylic oxidation sites excluding steroid dienone is 1. The Morgan fingerprint density at radius 3 is 2.24 bits per heavy atom. The van der Waals surface area contributed by atoms with Crippen molar-refractivity contribution in [3.8, 4) is 11.4 Å². The zero-order chi connectivity index (χ0) is 27.6. The maximum Gasteiger partial charge on any atom is 0.411 e. The number of benzene rings is 2. The number of para-hydroxylation sites is 1. The largest absolute Gasteiger partial charge is 0.497 e. The fourth-order valence-electron chi connectivity index (χ4n) is 5.71. The summed E-state index contributed by atoms with van der Waals surface area (Å²) in [4.78, 5) is 42.5. The van der Waals surface area contributed by atoms with E-state index in [1.165, 1.54) is 26.2 Å². The number of carbonyl (C=O) groups is 2. The van der Waals surface area contributed by atoms with Crippen molar-refractivity contribution in [3.05, 3.63) is 87.5 Å². The van der Waals surface area contributed by atoms with Gasteiger partial charge in [0.05, 0.1) is 24.0 Å². The molecule has 0 saturated carbocycles. The number of carbonyl (C=O) groups excluding carboxylic acids is 2. The minimum Gasteiger partial charge on any atom is -0.497 e.